The molecular weight excluding hydrogens is 474 g/mol. The molecule has 0 aliphatic rings. The van der Waals surface area contributed by atoms with Crippen molar-refractivity contribution in [1.82, 2.24) is 15.5 Å². The molecule has 1 aromatic carbocycles. The van der Waals surface area contributed by atoms with Crippen molar-refractivity contribution >= 4 is 23.9 Å². The van der Waals surface area contributed by atoms with Gasteiger partial charge in [0, 0.05) is 18.2 Å². The van der Waals surface area contributed by atoms with Crippen LogP contribution >= 0.6 is 0 Å². The number of hydrogen-bond donors (Lipinski definition) is 2. The summed E-state index contributed by atoms with van der Waals surface area (Å²) in [5.74, 6) is 0.430. The van der Waals surface area contributed by atoms with E-state index in [1.54, 1.807) is 58.9 Å². The highest BCUT2D eigenvalue weighted by Gasteiger charge is 2.37. The molecular formula is C28H37N3O6. The summed E-state index contributed by atoms with van der Waals surface area (Å²) in [6.45, 7) is 10.6. The van der Waals surface area contributed by atoms with Gasteiger partial charge in [0.2, 0.25) is 5.91 Å². The van der Waals surface area contributed by atoms with E-state index in [0.29, 0.717) is 17.5 Å². The first-order chi connectivity index (χ1) is 17.4. The number of esters is 1. The van der Waals surface area contributed by atoms with Crippen LogP contribution in [0.4, 0.5) is 4.79 Å². The number of benzene rings is 1. The number of rotatable bonds is 11. The van der Waals surface area contributed by atoms with E-state index in [4.69, 9.17) is 22.3 Å². The maximum absolute atomic E-state index is 13.7. The third-order valence-corrected chi connectivity index (χ3v) is 5.36. The Hall–Kier alpha value is -3.98. The molecule has 0 spiro atoms. The van der Waals surface area contributed by atoms with E-state index in [-0.39, 0.29) is 25.5 Å². The van der Waals surface area contributed by atoms with Crippen LogP contribution < -0.4 is 10.6 Å². The first kappa shape index (κ1) is 31.1. The molecule has 0 fully saturated rings. The lowest BCUT2D eigenvalue weighted by molar-refractivity contribution is -0.143. The van der Waals surface area contributed by atoms with E-state index in [1.807, 2.05) is 6.92 Å². The molecule has 1 rings (SSSR count). The van der Waals surface area contributed by atoms with E-state index in [1.165, 1.54) is 0 Å². The van der Waals surface area contributed by atoms with Gasteiger partial charge >= 0.3 is 12.1 Å². The molecule has 2 N–H and O–H groups in total. The molecule has 0 bridgehead atoms. The van der Waals surface area contributed by atoms with Crippen LogP contribution in [0.5, 0.6) is 0 Å². The summed E-state index contributed by atoms with van der Waals surface area (Å²) < 4.78 is 10.2. The van der Waals surface area contributed by atoms with Crippen LogP contribution in [0.15, 0.2) is 24.3 Å². The quantitative estimate of drug-likeness (QED) is 0.268. The van der Waals surface area contributed by atoms with Gasteiger partial charge in [0.1, 0.15) is 17.7 Å². The van der Waals surface area contributed by atoms with Gasteiger partial charge in [0.25, 0.3) is 5.91 Å². The largest absolute Gasteiger partial charge is 0.466 e. The lowest BCUT2D eigenvalue weighted by Gasteiger charge is -2.32. The number of alkyl carbamates (subject to hydrolysis) is 1. The van der Waals surface area contributed by atoms with Gasteiger partial charge in [-0.05, 0) is 51.3 Å². The Morgan fingerprint density at radius 2 is 1.70 bits per heavy atom. The van der Waals surface area contributed by atoms with Crippen LogP contribution in [0, 0.1) is 30.7 Å². The van der Waals surface area contributed by atoms with Crippen molar-refractivity contribution in [3.05, 3.63) is 35.4 Å². The first-order valence-corrected chi connectivity index (χ1v) is 12.2. The van der Waals surface area contributed by atoms with Gasteiger partial charge in [-0.15, -0.1) is 6.42 Å². The van der Waals surface area contributed by atoms with Crippen molar-refractivity contribution in [3.63, 3.8) is 0 Å². The summed E-state index contributed by atoms with van der Waals surface area (Å²) >= 11 is 0. The Balaban J connectivity index is 3.34. The summed E-state index contributed by atoms with van der Waals surface area (Å²) in [7, 11) is 0. The minimum absolute atomic E-state index is 0.0197. The second kappa shape index (κ2) is 14.5. The molecule has 1 aromatic rings. The van der Waals surface area contributed by atoms with Crippen LogP contribution in [-0.2, 0) is 23.9 Å². The van der Waals surface area contributed by atoms with E-state index >= 15 is 0 Å². The number of nitrogens with one attached hydrogen (secondary N) is 2. The Morgan fingerprint density at radius 3 is 2.19 bits per heavy atom. The summed E-state index contributed by atoms with van der Waals surface area (Å²) in [5.41, 5.74) is 0.200. The average Bonchev–Trinajstić information content (AvgIpc) is 2.84. The molecule has 3 unspecified atom stereocenters. The highest BCUT2D eigenvalue weighted by Crippen LogP contribution is 2.24. The SMILES string of the molecule is C#Cc1ccc(C(C(=O)NCCC(=O)OCC)N(C#C)C(=O)C(NC(=O)OC(C)(C)C)C(C)CC)cc1. The highest BCUT2D eigenvalue weighted by molar-refractivity contribution is 5.93. The van der Waals surface area contributed by atoms with Crippen LogP contribution in [-0.4, -0.2) is 53.6 Å². The third-order valence-electron chi connectivity index (χ3n) is 5.36. The van der Waals surface area contributed by atoms with Gasteiger partial charge in [0.15, 0.2) is 0 Å². The molecule has 0 heterocycles. The smallest absolute Gasteiger partial charge is 0.408 e. The predicted molar refractivity (Wildman–Crippen MR) is 140 cm³/mol. The molecule has 200 valence electrons. The zero-order chi connectivity index (χ0) is 28.2. The number of hydrogen-bond acceptors (Lipinski definition) is 6. The highest BCUT2D eigenvalue weighted by atomic mass is 16.6. The van der Waals surface area contributed by atoms with Gasteiger partial charge in [-0.3, -0.25) is 19.3 Å². The Morgan fingerprint density at radius 1 is 1.08 bits per heavy atom. The minimum atomic E-state index is -1.25. The van der Waals surface area contributed by atoms with Gasteiger partial charge < -0.3 is 20.1 Å². The Kier molecular flexibility index (Phi) is 12.2. The predicted octanol–water partition coefficient (Wildman–Crippen LogP) is 3.14. The van der Waals surface area contributed by atoms with Crippen molar-refractivity contribution in [2.45, 2.75) is 72.1 Å². The van der Waals surface area contributed by atoms with E-state index in [2.05, 4.69) is 22.6 Å². The molecule has 3 atom stereocenters. The van der Waals surface area contributed by atoms with Crippen molar-refractivity contribution in [1.29, 1.82) is 0 Å². The van der Waals surface area contributed by atoms with Crippen LogP contribution in [0.1, 0.15) is 71.6 Å². The van der Waals surface area contributed by atoms with Crippen molar-refractivity contribution < 1.29 is 28.7 Å². The molecule has 9 heteroatoms. The topological polar surface area (TPSA) is 114 Å². The van der Waals surface area contributed by atoms with Crippen molar-refractivity contribution in [3.8, 4) is 24.8 Å². The fourth-order valence-electron chi connectivity index (χ4n) is 3.33. The van der Waals surface area contributed by atoms with Gasteiger partial charge in [-0.2, -0.15) is 0 Å². The molecule has 9 nitrogen and oxygen atoms in total. The monoisotopic (exact) mass is 511 g/mol. The minimum Gasteiger partial charge on any atom is -0.466 e. The second-order valence-electron chi connectivity index (χ2n) is 9.36. The molecule has 0 saturated heterocycles. The van der Waals surface area contributed by atoms with Crippen molar-refractivity contribution in [2.24, 2.45) is 5.92 Å². The standard InChI is InChI=1S/C28H37N3O6/c1-9-19(5)23(30-27(35)37-28(6,7)8)26(34)31(11-3)24(21-15-13-20(10-2)14-16-21)25(33)29-18-17-22(32)36-12-4/h2-3,13-16,19,23-24H,9,12,17-18H2,1,4-8H3,(H,29,33)(H,30,35). The molecule has 37 heavy (non-hydrogen) atoms. The lowest BCUT2D eigenvalue weighted by atomic mass is 9.96. The van der Waals surface area contributed by atoms with Crippen LogP contribution in [0.25, 0.3) is 0 Å². The Bertz CT molecular complexity index is 1030. The molecule has 0 radical (unpaired) electrons. The Labute approximate surface area is 219 Å². The number of carbonyl (C=O) groups is 4. The summed E-state index contributed by atoms with van der Waals surface area (Å²) in [6.07, 6.45) is 10.9. The molecule has 3 amide bonds. The second-order valence-corrected chi connectivity index (χ2v) is 9.36. The van der Waals surface area contributed by atoms with E-state index < -0.39 is 41.6 Å². The fourth-order valence-corrected chi connectivity index (χ4v) is 3.33. The number of nitrogens with zero attached hydrogens (tertiary/aromatic N) is 1. The fraction of sp³-hybridized carbons (Fsp3) is 0.500. The maximum atomic E-state index is 13.7. The van der Waals surface area contributed by atoms with Gasteiger partial charge in [-0.1, -0.05) is 44.7 Å². The van der Waals surface area contributed by atoms with Crippen LogP contribution in [0.2, 0.25) is 0 Å². The number of carbonyl (C=O) groups excluding carboxylic acids is 4. The molecule has 0 saturated carbocycles. The van der Waals surface area contributed by atoms with Crippen LogP contribution in [0.3, 0.4) is 0 Å². The van der Waals surface area contributed by atoms with Gasteiger partial charge in [-0.25, -0.2) is 4.79 Å². The van der Waals surface area contributed by atoms with Crippen molar-refractivity contribution in [2.75, 3.05) is 13.2 Å². The zero-order valence-electron chi connectivity index (χ0n) is 22.4. The maximum Gasteiger partial charge on any atom is 0.408 e. The normalized spacial score (nSPS) is 13.1. The summed E-state index contributed by atoms with van der Waals surface area (Å²) in [6, 6.07) is 6.44. The molecule has 0 aromatic heterocycles. The number of ether oxygens (including phenoxy) is 2. The summed E-state index contributed by atoms with van der Waals surface area (Å²) in [5, 5.41) is 5.25. The number of amides is 3. The molecule has 0 aliphatic carbocycles. The van der Waals surface area contributed by atoms with E-state index in [9.17, 15) is 19.2 Å². The zero-order valence-corrected chi connectivity index (χ0v) is 22.4. The summed E-state index contributed by atoms with van der Waals surface area (Å²) in [4.78, 5) is 52.2. The molecule has 0 aliphatic heterocycles. The number of terminal acetylenes is 2. The van der Waals surface area contributed by atoms with Gasteiger partial charge in [0.05, 0.1) is 13.0 Å². The first-order valence-electron chi connectivity index (χ1n) is 12.2. The van der Waals surface area contributed by atoms with E-state index in [0.717, 1.165) is 4.90 Å². The lowest BCUT2D eigenvalue weighted by Crippen LogP contribution is -2.54. The average molecular weight is 512 g/mol. The third kappa shape index (κ3) is 9.89.